The molecular weight excluding hydrogens is 332 g/mol. The lowest BCUT2D eigenvalue weighted by atomic mass is 10.1. The number of methoxy groups -OCH3 is 2. The fraction of sp³-hybridized carbons (Fsp3) is 0.0952. The Hall–Kier alpha value is -3.47. The van der Waals surface area contributed by atoms with Crippen LogP contribution < -0.4 is 14.2 Å². The third-order valence-electron chi connectivity index (χ3n) is 4.15. The molecule has 0 radical (unpaired) electrons. The van der Waals surface area contributed by atoms with E-state index < -0.39 is 5.97 Å². The largest absolute Gasteiger partial charge is 0.497 e. The van der Waals surface area contributed by atoms with Crippen molar-refractivity contribution in [3.05, 3.63) is 66.2 Å². The van der Waals surface area contributed by atoms with Crippen LogP contribution in [-0.2, 0) is 0 Å². The van der Waals surface area contributed by atoms with Gasteiger partial charge in [0.15, 0.2) is 0 Å². The standard InChI is InChI=1S/C21H16O5/c1-23-15-9-13(10-16(11-15)24-2)21(22)25-14-7-8-20-18(12-14)17-5-3-4-6-19(17)26-20/h3-12H,1-2H3. The molecule has 0 saturated carbocycles. The first-order valence-electron chi connectivity index (χ1n) is 8.04. The molecule has 0 aliphatic rings. The highest BCUT2D eigenvalue weighted by molar-refractivity contribution is 6.05. The van der Waals surface area contributed by atoms with Crippen molar-refractivity contribution in [1.29, 1.82) is 0 Å². The van der Waals surface area contributed by atoms with Crippen molar-refractivity contribution in [3.8, 4) is 17.2 Å². The number of esters is 1. The summed E-state index contributed by atoms with van der Waals surface area (Å²) < 4.78 is 21.7. The molecule has 0 saturated heterocycles. The second kappa shape index (κ2) is 6.44. The minimum Gasteiger partial charge on any atom is -0.497 e. The van der Waals surface area contributed by atoms with E-state index >= 15 is 0 Å². The van der Waals surface area contributed by atoms with Gasteiger partial charge in [0.25, 0.3) is 0 Å². The molecular formula is C21H16O5. The van der Waals surface area contributed by atoms with Crippen molar-refractivity contribution >= 4 is 27.9 Å². The highest BCUT2D eigenvalue weighted by Crippen LogP contribution is 2.31. The molecule has 1 heterocycles. The van der Waals surface area contributed by atoms with Crippen LogP contribution in [0.2, 0.25) is 0 Å². The lowest BCUT2D eigenvalue weighted by Crippen LogP contribution is -2.09. The van der Waals surface area contributed by atoms with Gasteiger partial charge in [-0.2, -0.15) is 0 Å². The summed E-state index contributed by atoms with van der Waals surface area (Å²) in [5.41, 5.74) is 1.89. The van der Waals surface area contributed by atoms with Crippen molar-refractivity contribution in [3.63, 3.8) is 0 Å². The van der Waals surface area contributed by atoms with E-state index in [1.165, 1.54) is 14.2 Å². The van der Waals surface area contributed by atoms with Crippen molar-refractivity contribution in [1.82, 2.24) is 0 Å². The molecule has 0 bridgehead atoms. The lowest BCUT2D eigenvalue weighted by Gasteiger charge is -2.08. The van der Waals surface area contributed by atoms with E-state index in [-0.39, 0.29) is 0 Å². The molecule has 0 amide bonds. The maximum atomic E-state index is 12.5. The molecule has 0 fully saturated rings. The number of hydrogen-bond acceptors (Lipinski definition) is 5. The number of furan rings is 1. The van der Waals surface area contributed by atoms with Crippen molar-refractivity contribution < 1.29 is 23.4 Å². The van der Waals surface area contributed by atoms with Crippen LogP contribution in [0.3, 0.4) is 0 Å². The SMILES string of the molecule is COc1cc(OC)cc(C(=O)Oc2ccc3oc4ccccc4c3c2)c1. The number of rotatable bonds is 4. The molecule has 5 nitrogen and oxygen atoms in total. The Balaban J connectivity index is 1.68. The second-order valence-electron chi connectivity index (χ2n) is 5.75. The van der Waals surface area contributed by atoms with Gasteiger partial charge in [0, 0.05) is 16.8 Å². The Labute approximate surface area is 149 Å². The Morgan fingerprint density at radius 2 is 1.46 bits per heavy atom. The molecule has 0 aliphatic carbocycles. The number of benzene rings is 3. The monoisotopic (exact) mass is 348 g/mol. The van der Waals surface area contributed by atoms with Gasteiger partial charge < -0.3 is 18.6 Å². The van der Waals surface area contributed by atoms with E-state index in [1.807, 2.05) is 24.3 Å². The zero-order valence-electron chi connectivity index (χ0n) is 14.3. The fourth-order valence-electron chi connectivity index (χ4n) is 2.86. The van der Waals surface area contributed by atoms with E-state index in [0.29, 0.717) is 22.8 Å². The molecule has 4 rings (SSSR count). The molecule has 0 aliphatic heterocycles. The molecule has 0 atom stereocenters. The van der Waals surface area contributed by atoms with Crippen LogP contribution in [0.15, 0.2) is 65.1 Å². The molecule has 26 heavy (non-hydrogen) atoms. The summed E-state index contributed by atoms with van der Waals surface area (Å²) in [6.07, 6.45) is 0. The maximum Gasteiger partial charge on any atom is 0.343 e. The molecule has 1 aromatic heterocycles. The summed E-state index contributed by atoms with van der Waals surface area (Å²) in [6.45, 7) is 0. The van der Waals surface area contributed by atoms with Gasteiger partial charge in [0.1, 0.15) is 28.4 Å². The van der Waals surface area contributed by atoms with Crippen molar-refractivity contribution in [2.24, 2.45) is 0 Å². The van der Waals surface area contributed by atoms with Gasteiger partial charge >= 0.3 is 5.97 Å². The van der Waals surface area contributed by atoms with Crippen LogP contribution in [-0.4, -0.2) is 20.2 Å². The third-order valence-corrected chi connectivity index (χ3v) is 4.15. The van der Waals surface area contributed by atoms with Gasteiger partial charge in [-0.15, -0.1) is 0 Å². The van der Waals surface area contributed by atoms with Crippen LogP contribution in [0, 0.1) is 0 Å². The van der Waals surface area contributed by atoms with Crippen molar-refractivity contribution in [2.75, 3.05) is 14.2 Å². The van der Waals surface area contributed by atoms with Crippen LogP contribution in [0.25, 0.3) is 21.9 Å². The average molecular weight is 348 g/mol. The highest BCUT2D eigenvalue weighted by Gasteiger charge is 2.14. The highest BCUT2D eigenvalue weighted by atomic mass is 16.5. The average Bonchev–Trinajstić information content (AvgIpc) is 3.05. The first-order valence-corrected chi connectivity index (χ1v) is 8.04. The van der Waals surface area contributed by atoms with Crippen molar-refractivity contribution in [2.45, 2.75) is 0 Å². The molecule has 4 aromatic rings. The summed E-state index contributed by atoms with van der Waals surface area (Å²) >= 11 is 0. The topological polar surface area (TPSA) is 57.9 Å². The lowest BCUT2D eigenvalue weighted by molar-refractivity contribution is 0.0734. The van der Waals surface area contributed by atoms with Gasteiger partial charge in [-0.05, 0) is 36.4 Å². The Bertz CT molecular complexity index is 1090. The van der Waals surface area contributed by atoms with Crippen LogP contribution in [0.4, 0.5) is 0 Å². The molecule has 0 N–H and O–H groups in total. The summed E-state index contributed by atoms with van der Waals surface area (Å²) in [4.78, 5) is 12.5. The minimum absolute atomic E-state index is 0.346. The normalized spacial score (nSPS) is 10.8. The predicted octanol–water partition coefficient (Wildman–Crippen LogP) is 4.82. The van der Waals surface area contributed by atoms with Gasteiger partial charge in [0.2, 0.25) is 0 Å². The molecule has 0 unspecified atom stereocenters. The zero-order valence-corrected chi connectivity index (χ0v) is 14.3. The number of hydrogen-bond donors (Lipinski definition) is 0. The Kier molecular flexibility index (Phi) is 3.97. The van der Waals surface area contributed by atoms with Gasteiger partial charge in [-0.1, -0.05) is 18.2 Å². The number of carbonyl (C=O) groups is 1. The smallest absolute Gasteiger partial charge is 0.343 e. The van der Waals surface area contributed by atoms with Gasteiger partial charge in [0.05, 0.1) is 19.8 Å². The summed E-state index contributed by atoms with van der Waals surface area (Å²) in [5, 5.41) is 1.87. The quantitative estimate of drug-likeness (QED) is 0.391. The van der Waals surface area contributed by atoms with Gasteiger partial charge in [-0.3, -0.25) is 0 Å². The van der Waals surface area contributed by atoms with E-state index in [2.05, 4.69) is 0 Å². The summed E-state index contributed by atoms with van der Waals surface area (Å²) in [7, 11) is 3.06. The Morgan fingerprint density at radius 1 is 0.769 bits per heavy atom. The van der Waals surface area contributed by atoms with E-state index in [1.54, 1.807) is 36.4 Å². The molecule has 0 spiro atoms. The first kappa shape index (κ1) is 16.0. The van der Waals surface area contributed by atoms with E-state index in [9.17, 15) is 4.79 Å². The molecule has 5 heteroatoms. The molecule has 3 aromatic carbocycles. The van der Waals surface area contributed by atoms with Crippen LogP contribution >= 0.6 is 0 Å². The van der Waals surface area contributed by atoms with E-state index in [4.69, 9.17) is 18.6 Å². The van der Waals surface area contributed by atoms with E-state index in [0.717, 1.165) is 21.9 Å². The number of ether oxygens (including phenoxy) is 3. The van der Waals surface area contributed by atoms with Crippen LogP contribution in [0.1, 0.15) is 10.4 Å². The predicted molar refractivity (Wildman–Crippen MR) is 98.2 cm³/mol. The fourth-order valence-corrected chi connectivity index (χ4v) is 2.86. The summed E-state index contributed by atoms with van der Waals surface area (Å²) in [6, 6.07) is 18.0. The first-order chi connectivity index (χ1) is 12.7. The Morgan fingerprint density at radius 3 is 2.19 bits per heavy atom. The summed E-state index contributed by atoms with van der Waals surface area (Å²) in [5.74, 6) is 0.991. The zero-order chi connectivity index (χ0) is 18.1. The van der Waals surface area contributed by atoms with Gasteiger partial charge in [-0.25, -0.2) is 4.79 Å². The number of carbonyl (C=O) groups excluding carboxylic acids is 1. The minimum atomic E-state index is -0.491. The second-order valence-corrected chi connectivity index (χ2v) is 5.75. The maximum absolute atomic E-state index is 12.5. The molecule has 130 valence electrons. The number of para-hydroxylation sites is 1. The van der Waals surface area contributed by atoms with Crippen LogP contribution in [0.5, 0.6) is 17.2 Å². The third kappa shape index (κ3) is 2.84. The number of fused-ring (bicyclic) bond motifs is 3.